The second kappa shape index (κ2) is 7.77. The van der Waals surface area contributed by atoms with E-state index >= 15 is 0 Å². The van der Waals surface area contributed by atoms with Crippen LogP contribution in [0.25, 0.3) is 11.4 Å². The predicted octanol–water partition coefficient (Wildman–Crippen LogP) is 3.70. The van der Waals surface area contributed by atoms with E-state index in [0.29, 0.717) is 32.3 Å². The molecule has 0 aliphatic heterocycles. The van der Waals surface area contributed by atoms with Crippen molar-refractivity contribution in [2.24, 2.45) is 0 Å². The number of carbonyl (C=O) groups excluding carboxylic acids is 1. The zero-order chi connectivity index (χ0) is 17.8. The number of nitrogens with two attached hydrogens (primary N) is 1. The molecule has 1 aromatic heterocycles. The minimum Gasteiger partial charge on any atom is -0.335 e. The molecule has 0 atom stereocenters. The molecule has 0 aliphatic rings. The van der Waals surface area contributed by atoms with Crippen LogP contribution in [0.2, 0.25) is 10.0 Å². The van der Waals surface area contributed by atoms with E-state index in [-0.39, 0.29) is 11.7 Å². The number of halogens is 2. The van der Waals surface area contributed by atoms with Crippen LogP contribution in [0.4, 0.5) is 5.69 Å². The summed E-state index contributed by atoms with van der Waals surface area (Å²) in [5, 5.41) is 12.3. The third-order valence-corrected chi connectivity index (χ3v) is 4.73. The third kappa shape index (κ3) is 4.25. The van der Waals surface area contributed by atoms with Crippen molar-refractivity contribution < 1.29 is 4.79 Å². The molecule has 3 rings (SSSR count). The Morgan fingerprint density at radius 1 is 1.16 bits per heavy atom. The first-order valence-corrected chi connectivity index (χ1v) is 8.92. The Kier molecular flexibility index (Phi) is 5.47. The van der Waals surface area contributed by atoms with Crippen molar-refractivity contribution in [2.45, 2.75) is 5.16 Å². The largest absolute Gasteiger partial charge is 0.335 e. The SMILES string of the molecule is Nn1c(SCC(=O)Nc2cccc(Cl)c2)nnc1-c1ccccc1Cl. The second-order valence-electron chi connectivity index (χ2n) is 5.00. The van der Waals surface area contributed by atoms with E-state index in [1.165, 1.54) is 16.4 Å². The maximum absolute atomic E-state index is 12.0. The Balaban J connectivity index is 1.66. The Morgan fingerprint density at radius 3 is 2.72 bits per heavy atom. The van der Waals surface area contributed by atoms with Crippen LogP contribution in [-0.4, -0.2) is 26.5 Å². The van der Waals surface area contributed by atoms with Crippen molar-refractivity contribution in [3.05, 3.63) is 58.6 Å². The molecule has 0 bridgehead atoms. The van der Waals surface area contributed by atoms with Gasteiger partial charge in [0.2, 0.25) is 11.1 Å². The van der Waals surface area contributed by atoms with Crippen LogP contribution >= 0.6 is 35.0 Å². The van der Waals surface area contributed by atoms with Crippen LogP contribution in [0.5, 0.6) is 0 Å². The van der Waals surface area contributed by atoms with E-state index in [4.69, 9.17) is 29.0 Å². The number of benzene rings is 2. The van der Waals surface area contributed by atoms with Gasteiger partial charge in [0.15, 0.2) is 5.82 Å². The highest BCUT2D eigenvalue weighted by atomic mass is 35.5. The lowest BCUT2D eigenvalue weighted by Gasteiger charge is -2.06. The standard InChI is InChI=1S/C16H13Cl2N5OS/c17-10-4-3-5-11(8-10)20-14(24)9-25-16-22-21-15(23(16)19)12-6-1-2-7-13(12)18/h1-8H,9,19H2,(H,20,24). The zero-order valence-electron chi connectivity index (χ0n) is 12.8. The number of anilines is 1. The minimum atomic E-state index is -0.199. The van der Waals surface area contributed by atoms with Gasteiger partial charge in [0.25, 0.3) is 0 Å². The maximum Gasteiger partial charge on any atom is 0.234 e. The van der Waals surface area contributed by atoms with Gasteiger partial charge in [0.1, 0.15) is 0 Å². The third-order valence-electron chi connectivity index (χ3n) is 3.22. The fourth-order valence-electron chi connectivity index (χ4n) is 2.10. The molecule has 6 nitrogen and oxygen atoms in total. The monoisotopic (exact) mass is 393 g/mol. The van der Waals surface area contributed by atoms with Crippen LogP contribution in [0, 0.1) is 0 Å². The van der Waals surface area contributed by atoms with Crippen molar-refractivity contribution in [1.29, 1.82) is 0 Å². The van der Waals surface area contributed by atoms with Gasteiger partial charge < -0.3 is 11.2 Å². The molecule has 0 unspecified atom stereocenters. The number of hydrogen-bond acceptors (Lipinski definition) is 5. The summed E-state index contributed by atoms with van der Waals surface area (Å²) in [6, 6.07) is 14.1. The molecular formula is C16H13Cl2N5OS. The molecule has 0 aliphatic carbocycles. The summed E-state index contributed by atoms with van der Waals surface area (Å²) in [6.45, 7) is 0. The number of amides is 1. The molecule has 3 N–H and O–H groups in total. The van der Waals surface area contributed by atoms with Crippen molar-refractivity contribution in [2.75, 3.05) is 16.9 Å². The molecule has 0 saturated carbocycles. The lowest BCUT2D eigenvalue weighted by molar-refractivity contribution is -0.113. The number of rotatable bonds is 5. The first kappa shape index (κ1) is 17.6. The topological polar surface area (TPSA) is 85.8 Å². The Bertz CT molecular complexity index is 915. The van der Waals surface area contributed by atoms with Gasteiger partial charge in [0, 0.05) is 16.3 Å². The van der Waals surface area contributed by atoms with Crippen LogP contribution < -0.4 is 11.2 Å². The molecule has 0 spiro atoms. The van der Waals surface area contributed by atoms with E-state index in [2.05, 4.69) is 15.5 Å². The average molecular weight is 394 g/mol. The highest BCUT2D eigenvalue weighted by molar-refractivity contribution is 7.99. The number of nitrogens with zero attached hydrogens (tertiary/aromatic N) is 3. The van der Waals surface area contributed by atoms with E-state index in [0.717, 1.165) is 0 Å². The molecule has 1 heterocycles. The highest BCUT2D eigenvalue weighted by Crippen LogP contribution is 2.27. The molecular weight excluding hydrogens is 381 g/mol. The summed E-state index contributed by atoms with van der Waals surface area (Å²) < 4.78 is 1.32. The number of hydrogen-bond donors (Lipinski definition) is 2. The van der Waals surface area contributed by atoms with E-state index in [9.17, 15) is 4.79 Å². The predicted molar refractivity (Wildman–Crippen MR) is 101 cm³/mol. The second-order valence-corrected chi connectivity index (χ2v) is 6.79. The summed E-state index contributed by atoms with van der Waals surface area (Å²) in [4.78, 5) is 12.0. The Morgan fingerprint density at radius 2 is 1.96 bits per heavy atom. The number of aromatic nitrogens is 3. The fourth-order valence-corrected chi connectivity index (χ4v) is 3.16. The molecule has 3 aromatic rings. The molecule has 0 saturated heterocycles. The number of nitrogen functional groups attached to an aromatic ring is 1. The first-order chi connectivity index (χ1) is 12.0. The minimum absolute atomic E-state index is 0.129. The average Bonchev–Trinajstić information content (AvgIpc) is 2.94. The highest BCUT2D eigenvalue weighted by Gasteiger charge is 2.15. The molecule has 2 aromatic carbocycles. The molecule has 0 radical (unpaired) electrons. The van der Waals surface area contributed by atoms with Crippen molar-refractivity contribution in [3.63, 3.8) is 0 Å². The van der Waals surface area contributed by atoms with Crippen molar-refractivity contribution in [1.82, 2.24) is 14.9 Å². The summed E-state index contributed by atoms with van der Waals surface area (Å²) in [6.07, 6.45) is 0. The maximum atomic E-state index is 12.0. The van der Waals surface area contributed by atoms with Gasteiger partial charge >= 0.3 is 0 Å². The smallest absolute Gasteiger partial charge is 0.234 e. The first-order valence-electron chi connectivity index (χ1n) is 7.18. The van der Waals surface area contributed by atoms with Gasteiger partial charge in [-0.1, -0.05) is 53.2 Å². The lowest BCUT2D eigenvalue weighted by Crippen LogP contribution is -2.16. The summed E-state index contributed by atoms with van der Waals surface area (Å²) in [7, 11) is 0. The van der Waals surface area contributed by atoms with Crippen LogP contribution in [0.15, 0.2) is 53.7 Å². The van der Waals surface area contributed by atoms with Crippen LogP contribution in [0.3, 0.4) is 0 Å². The quantitative estimate of drug-likeness (QED) is 0.509. The van der Waals surface area contributed by atoms with Gasteiger partial charge in [-0.05, 0) is 30.3 Å². The summed E-state index contributed by atoms with van der Waals surface area (Å²) in [5.41, 5.74) is 1.30. The Hall–Kier alpha value is -2.22. The van der Waals surface area contributed by atoms with E-state index in [1.54, 1.807) is 36.4 Å². The fraction of sp³-hybridized carbons (Fsp3) is 0.0625. The number of thioether (sulfide) groups is 1. The van der Waals surface area contributed by atoms with Gasteiger partial charge in [0.05, 0.1) is 10.8 Å². The summed E-state index contributed by atoms with van der Waals surface area (Å²) >= 11 is 13.2. The van der Waals surface area contributed by atoms with Crippen LogP contribution in [0.1, 0.15) is 0 Å². The Labute approximate surface area is 158 Å². The zero-order valence-corrected chi connectivity index (χ0v) is 15.1. The molecule has 0 fully saturated rings. The van der Waals surface area contributed by atoms with Gasteiger partial charge in [-0.3, -0.25) is 4.79 Å². The van der Waals surface area contributed by atoms with Crippen LogP contribution in [-0.2, 0) is 4.79 Å². The number of nitrogens with one attached hydrogen (secondary N) is 1. The lowest BCUT2D eigenvalue weighted by atomic mass is 10.2. The summed E-state index contributed by atoms with van der Waals surface area (Å²) in [5.74, 6) is 6.39. The molecule has 25 heavy (non-hydrogen) atoms. The molecule has 128 valence electrons. The normalized spacial score (nSPS) is 10.6. The van der Waals surface area contributed by atoms with Gasteiger partial charge in [-0.15, -0.1) is 10.2 Å². The van der Waals surface area contributed by atoms with Gasteiger partial charge in [-0.2, -0.15) is 0 Å². The van der Waals surface area contributed by atoms with E-state index in [1.807, 2.05) is 12.1 Å². The van der Waals surface area contributed by atoms with Crippen molar-refractivity contribution >= 4 is 46.6 Å². The van der Waals surface area contributed by atoms with E-state index < -0.39 is 0 Å². The molecule has 1 amide bonds. The van der Waals surface area contributed by atoms with Crippen molar-refractivity contribution in [3.8, 4) is 11.4 Å². The van der Waals surface area contributed by atoms with Gasteiger partial charge in [-0.25, -0.2) is 4.68 Å². The molecule has 9 heteroatoms. The number of carbonyl (C=O) groups is 1.